The van der Waals surface area contributed by atoms with Gasteiger partial charge in [0, 0.05) is 27.9 Å². The van der Waals surface area contributed by atoms with Gasteiger partial charge in [0.1, 0.15) is 0 Å². The van der Waals surface area contributed by atoms with Gasteiger partial charge in [0.15, 0.2) is 0 Å². The summed E-state index contributed by atoms with van der Waals surface area (Å²) in [5.41, 5.74) is 1.06. The van der Waals surface area contributed by atoms with Gasteiger partial charge in [0.05, 0.1) is 0 Å². The van der Waals surface area contributed by atoms with E-state index < -0.39 is 0 Å². The minimum Gasteiger partial charge on any atom is -0.307 e. The van der Waals surface area contributed by atoms with Gasteiger partial charge in [-0.25, -0.2) is 0 Å². The fourth-order valence-corrected chi connectivity index (χ4v) is 2.72. The first-order valence-corrected chi connectivity index (χ1v) is 7.39. The second kappa shape index (κ2) is 6.75. The second-order valence-electron chi connectivity index (χ2n) is 3.91. The Morgan fingerprint density at radius 3 is 2.62 bits per heavy atom. The predicted molar refractivity (Wildman–Crippen MR) is 75.9 cm³/mol. The SMILES string of the molecule is CSCC(C)NC(C)c1cc(Cl)ccc1Cl. The summed E-state index contributed by atoms with van der Waals surface area (Å²) >= 11 is 13.9. The Kier molecular flexibility index (Phi) is 5.98. The molecule has 1 N–H and O–H groups in total. The van der Waals surface area contributed by atoms with Crippen molar-refractivity contribution in [2.45, 2.75) is 25.9 Å². The van der Waals surface area contributed by atoms with E-state index in [0.717, 1.165) is 21.4 Å². The number of rotatable bonds is 5. The standard InChI is InChI=1S/C12H17Cl2NS/c1-8(7-16-3)15-9(2)11-6-10(13)4-5-12(11)14/h4-6,8-9,15H,7H2,1-3H3. The van der Waals surface area contributed by atoms with Gasteiger partial charge in [-0.05, 0) is 43.9 Å². The lowest BCUT2D eigenvalue weighted by Crippen LogP contribution is -2.30. The highest BCUT2D eigenvalue weighted by atomic mass is 35.5. The minimum absolute atomic E-state index is 0.216. The van der Waals surface area contributed by atoms with Crippen molar-refractivity contribution in [2.75, 3.05) is 12.0 Å². The molecule has 0 amide bonds. The number of halogens is 2. The highest BCUT2D eigenvalue weighted by Gasteiger charge is 2.12. The Morgan fingerprint density at radius 2 is 2.00 bits per heavy atom. The maximum Gasteiger partial charge on any atom is 0.0454 e. The van der Waals surface area contributed by atoms with Crippen LogP contribution in [0.25, 0.3) is 0 Å². The lowest BCUT2D eigenvalue weighted by atomic mass is 10.1. The molecule has 0 saturated heterocycles. The average Bonchev–Trinajstić information content (AvgIpc) is 2.21. The molecule has 1 nitrogen and oxygen atoms in total. The molecule has 4 heteroatoms. The topological polar surface area (TPSA) is 12.0 Å². The zero-order valence-electron chi connectivity index (χ0n) is 9.76. The molecule has 0 fully saturated rings. The van der Waals surface area contributed by atoms with Crippen molar-refractivity contribution in [1.82, 2.24) is 5.32 Å². The number of hydrogen-bond acceptors (Lipinski definition) is 2. The van der Waals surface area contributed by atoms with E-state index in [1.54, 1.807) is 0 Å². The van der Waals surface area contributed by atoms with Crippen LogP contribution < -0.4 is 5.32 Å². The summed E-state index contributed by atoms with van der Waals surface area (Å²) in [5.74, 6) is 1.09. The maximum atomic E-state index is 6.15. The van der Waals surface area contributed by atoms with E-state index in [2.05, 4.69) is 25.4 Å². The summed E-state index contributed by atoms with van der Waals surface area (Å²) in [4.78, 5) is 0. The number of benzene rings is 1. The van der Waals surface area contributed by atoms with Crippen LogP contribution in [0, 0.1) is 0 Å². The maximum absolute atomic E-state index is 6.15. The first kappa shape index (κ1) is 14.2. The molecule has 0 saturated carbocycles. The Labute approximate surface area is 112 Å². The molecule has 1 rings (SSSR count). The molecule has 1 aromatic carbocycles. The molecular weight excluding hydrogens is 261 g/mol. The minimum atomic E-state index is 0.216. The van der Waals surface area contributed by atoms with Gasteiger partial charge >= 0.3 is 0 Å². The van der Waals surface area contributed by atoms with Crippen molar-refractivity contribution in [1.29, 1.82) is 0 Å². The fourth-order valence-electron chi connectivity index (χ4n) is 1.66. The van der Waals surface area contributed by atoms with E-state index >= 15 is 0 Å². The summed E-state index contributed by atoms with van der Waals surface area (Å²) < 4.78 is 0. The Morgan fingerprint density at radius 1 is 1.31 bits per heavy atom. The highest BCUT2D eigenvalue weighted by molar-refractivity contribution is 7.98. The molecule has 16 heavy (non-hydrogen) atoms. The average molecular weight is 278 g/mol. The van der Waals surface area contributed by atoms with Crippen molar-refractivity contribution in [3.63, 3.8) is 0 Å². The molecular formula is C12H17Cl2NS. The summed E-state index contributed by atoms with van der Waals surface area (Å²) in [6.07, 6.45) is 2.11. The predicted octanol–water partition coefficient (Wildman–Crippen LogP) is 4.40. The molecule has 0 aliphatic carbocycles. The fraction of sp³-hybridized carbons (Fsp3) is 0.500. The molecule has 0 spiro atoms. The Hall–Kier alpha value is 0.110. The van der Waals surface area contributed by atoms with Gasteiger partial charge in [0.2, 0.25) is 0 Å². The summed E-state index contributed by atoms with van der Waals surface area (Å²) in [7, 11) is 0. The van der Waals surface area contributed by atoms with E-state index in [-0.39, 0.29) is 6.04 Å². The number of hydrogen-bond donors (Lipinski definition) is 1. The molecule has 90 valence electrons. The van der Waals surface area contributed by atoms with E-state index in [4.69, 9.17) is 23.2 Å². The summed E-state index contributed by atoms with van der Waals surface area (Å²) in [5, 5.41) is 4.99. The first-order valence-electron chi connectivity index (χ1n) is 5.24. The first-order chi connectivity index (χ1) is 7.54. The van der Waals surface area contributed by atoms with Crippen LogP contribution in [-0.2, 0) is 0 Å². The van der Waals surface area contributed by atoms with Crippen molar-refractivity contribution < 1.29 is 0 Å². The molecule has 0 aliphatic rings. The van der Waals surface area contributed by atoms with Crippen LogP contribution in [-0.4, -0.2) is 18.1 Å². The van der Waals surface area contributed by atoms with Crippen LogP contribution in [0.2, 0.25) is 10.0 Å². The number of thioether (sulfide) groups is 1. The van der Waals surface area contributed by atoms with Gasteiger partial charge in [-0.3, -0.25) is 0 Å². The zero-order chi connectivity index (χ0) is 12.1. The number of nitrogens with one attached hydrogen (secondary N) is 1. The van der Waals surface area contributed by atoms with Gasteiger partial charge in [-0.2, -0.15) is 11.8 Å². The van der Waals surface area contributed by atoms with Crippen molar-refractivity contribution in [3.8, 4) is 0 Å². The summed E-state index contributed by atoms with van der Waals surface area (Å²) in [6.45, 7) is 4.28. The third-order valence-corrected chi connectivity index (χ3v) is 3.79. The molecule has 1 aromatic rings. The van der Waals surface area contributed by atoms with Gasteiger partial charge < -0.3 is 5.32 Å². The highest BCUT2D eigenvalue weighted by Crippen LogP contribution is 2.26. The van der Waals surface area contributed by atoms with Gasteiger partial charge in [-0.1, -0.05) is 23.2 Å². The van der Waals surface area contributed by atoms with Gasteiger partial charge in [0.25, 0.3) is 0 Å². The lowest BCUT2D eigenvalue weighted by Gasteiger charge is -2.20. The van der Waals surface area contributed by atoms with E-state index in [0.29, 0.717) is 6.04 Å². The van der Waals surface area contributed by atoms with Crippen molar-refractivity contribution in [3.05, 3.63) is 33.8 Å². The zero-order valence-corrected chi connectivity index (χ0v) is 12.1. The molecule has 2 unspecified atom stereocenters. The molecule has 0 bridgehead atoms. The Bertz CT molecular complexity index is 344. The van der Waals surface area contributed by atoms with Crippen LogP contribution >= 0.6 is 35.0 Å². The smallest absolute Gasteiger partial charge is 0.0454 e. The molecule has 0 heterocycles. The van der Waals surface area contributed by atoms with Crippen LogP contribution in [0.15, 0.2) is 18.2 Å². The largest absolute Gasteiger partial charge is 0.307 e. The molecule has 0 radical (unpaired) electrons. The third-order valence-electron chi connectivity index (χ3n) is 2.38. The van der Waals surface area contributed by atoms with Gasteiger partial charge in [-0.15, -0.1) is 0 Å². The van der Waals surface area contributed by atoms with Crippen LogP contribution in [0.5, 0.6) is 0 Å². The van der Waals surface area contributed by atoms with E-state index in [1.807, 2.05) is 30.0 Å². The van der Waals surface area contributed by atoms with E-state index in [9.17, 15) is 0 Å². The second-order valence-corrected chi connectivity index (χ2v) is 5.66. The normalized spacial score (nSPS) is 14.8. The van der Waals surface area contributed by atoms with Crippen LogP contribution in [0.1, 0.15) is 25.5 Å². The van der Waals surface area contributed by atoms with Crippen molar-refractivity contribution in [2.24, 2.45) is 0 Å². The lowest BCUT2D eigenvalue weighted by molar-refractivity contribution is 0.511. The molecule has 2 atom stereocenters. The molecule has 0 aliphatic heterocycles. The van der Waals surface area contributed by atoms with Crippen LogP contribution in [0.3, 0.4) is 0 Å². The molecule has 0 aromatic heterocycles. The van der Waals surface area contributed by atoms with Crippen LogP contribution in [0.4, 0.5) is 0 Å². The monoisotopic (exact) mass is 277 g/mol. The Balaban J connectivity index is 2.72. The quantitative estimate of drug-likeness (QED) is 0.857. The van der Waals surface area contributed by atoms with Crippen molar-refractivity contribution >= 4 is 35.0 Å². The summed E-state index contributed by atoms with van der Waals surface area (Å²) in [6, 6.07) is 6.25. The van der Waals surface area contributed by atoms with E-state index in [1.165, 1.54) is 0 Å². The third kappa shape index (κ3) is 4.17.